The zero-order valence-electron chi connectivity index (χ0n) is 11.9. The lowest BCUT2D eigenvalue weighted by atomic mass is 10.1. The summed E-state index contributed by atoms with van der Waals surface area (Å²) in [6.45, 7) is 5.33. The van der Waals surface area contributed by atoms with Crippen molar-refractivity contribution in [3.8, 4) is 5.69 Å². The molecule has 0 aliphatic rings. The standard InChI is InChI=1S/C16H23N3/c1-3-5-6-14-7-9-15(10-8-14)19-13-12-18-16(19)17-11-4-2/h7-10,12-13H,3-6,11H2,1-2H3,(H,17,18). The van der Waals surface area contributed by atoms with Crippen molar-refractivity contribution >= 4 is 5.95 Å². The molecule has 0 fully saturated rings. The van der Waals surface area contributed by atoms with Crippen molar-refractivity contribution in [1.82, 2.24) is 9.55 Å². The van der Waals surface area contributed by atoms with Crippen LogP contribution < -0.4 is 5.32 Å². The Morgan fingerprint density at radius 2 is 1.89 bits per heavy atom. The van der Waals surface area contributed by atoms with E-state index in [9.17, 15) is 0 Å². The van der Waals surface area contributed by atoms with Crippen molar-refractivity contribution in [3.63, 3.8) is 0 Å². The summed E-state index contributed by atoms with van der Waals surface area (Å²) in [6.07, 6.45) is 8.61. The van der Waals surface area contributed by atoms with E-state index in [4.69, 9.17) is 0 Å². The summed E-state index contributed by atoms with van der Waals surface area (Å²) >= 11 is 0. The van der Waals surface area contributed by atoms with E-state index in [1.54, 1.807) is 0 Å². The molecule has 1 aromatic heterocycles. The van der Waals surface area contributed by atoms with Gasteiger partial charge in [0.05, 0.1) is 0 Å². The van der Waals surface area contributed by atoms with Crippen molar-refractivity contribution in [1.29, 1.82) is 0 Å². The van der Waals surface area contributed by atoms with Crippen molar-refractivity contribution < 1.29 is 0 Å². The van der Waals surface area contributed by atoms with E-state index in [1.165, 1.54) is 24.8 Å². The SMILES string of the molecule is CCCCc1ccc(-n2ccnc2NCCC)cc1. The summed E-state index contributed by atoms with van der Waals surface area (Å²) in [7, 11) is 0. The molecule has 2 rings (SSSR count). The zero-order valence-corrected chi connectivity index (χ0v) is 11.9. The lowest BCUT2D eigenvalue weighted by Gasteiger charge is -2.10. The van der Waals surface area contributed by atoms with Crippen molar-refractivity contribution in [2.45, 2.75) is 39.5 Å². The first-order chi connectivity index (χ1) is 9.35. The number of aryl methyl sites for hydroxylation is 1. The summed E-state index contributed by atoms with van der Waals surface area (Å²) in [4.78, 5) is 4.35. The smallest absolute Gasteiger partial charge is 0.207 e. The summed E-state index contributed by atoms with van der Waals surface area (Å²) in [5.74, 6) is 0.920. The van der Waals surface area contributed by atoms with Gasteiger partial charge in [-0.25, -0.2) is 4.98 Å². The molecule has 0 aliphatic carbocycles. The van der Waals surface area contributed by atoms with E-state index in [1.807, 2.05) is 12.4 Å². The van der Waals surface area contributed by atoms with E-state index in [2.05, 4.69) is 53.0 Å². The molecule has 0 saturated heterocycles. The fourth-order valence-electron chi connectivity index (χ4n) is 2.08. The summed E-state index contributed by atoms with van der Waals surface area (Å²) < 4.78 is 2.10. The first-order valence-corrected chi connectivity index (χ1v) is 7.21. The average Bonchev–Trinajstić information content (AvgIpc) is 2.92. The number of imidazole rings is 1. The largest absolute Gasteiger partial charge is 0.355 e. The van der Waals surface area contributed by atoms with Crippen LogP contribution in [-0.2, 0) is 6.42 Å². The van der Waals surface area contributed by atoms with E-state index in [0.717, 1.165) is 24.6 Å². The van der Waals surface area contributed by atoms with Crippen LogP contribution >= 0.6 is 0 Å². The number of nitrogens with zero attached hydrogens (tertiary/aromatic N) is 2. The molecule has 102 valence electrons. The quantitative estimate of drug-likeness (QED) is 0.811. The molecule has 1 N–H and O–H groups in total. The Labute approximate surface area is 115 Å². The highest BCUT2D eigenvalue weighted by Gasteiger charge is 2.03. The molecular formula is C16H23N3. The lowest BCUT2D eigenvalue weighted by Crippen LogP contribution is -2.06. The number of aromatic nitrogens is 2. The molecule has 0 radical (unpaired) electrons. The Bertz CT molecular complexity index is 485. The third-order valence-corrected chi connectivity index (χ3v) is 3.21. The Hall–Kier alpha value is -1.77. The van der Waals surface area contributed by atoms with Crippen LogP contribution in [0.4, 0.5) is 5.95 Å². The number of unbranched alkanes of at least 4 members (excludes halogenated alkanes) is 1. The molecule has 1 aromatic carbocycles. The Morgan fingerprint density at radius 3 is 2.58 bits per heavy atom. The first-order valence-electron chi connectivity index (χ1n) is 7.21. The highest BCUT2D eigenvalue weighted by molar-refractivity contribution is 5.42. The second-order valence-corrected chi connectivity index (χ2v) is 4.82. The molecule has 0 atom stereocenters. The minimum Gasteiger partial charge on any atom is -0.355 e. The fourth-order valence-corrected chi connectivity index (χ4v) is 2.08. The summed E-state index contributed by atoms with van der Waals surface area (Å²) in [5, 5.41) is 3.34. The molecule has 3 heteroatoms. The van der Waals surface area contributed by atoms with Crippen LogP contribution in [0.15, 0.2) is 36.7 Å². The van der Waals surface area contributed by atoms with E-state index < -0.39 is 0 Å². The molecule has 1 heterocycles. The molecule has 0 spiro atoms. The molecule has 0 amide bonds. The molecule has 3 nitrogen and oxygen atoms in total. The Balaban J connectivity index is 2.11. The van der Waals surface area contributed by atoms with Gasteiger partial charge < -0.3 is 5.32 Å². The second-order valence-electron chi connectivity index (χ2n) is 4.82. The first kappa shape index (κ1) is 13.7. The van der Waals surface area contributed by atoms with E-state index >= 15 is 0 Å². The molecular weight excluding hydrogens is 234 g/mol. The van der Waals surface area contributed by atoms with Crippen LogP contribution in [0.1, 0.15) is 38.7 Å². The molecule has 0 bridgehead atoms. The Kier molecular flexibility index (Phi) is 5.01. The fraction of sp³-hybridized carbons (Fsp3) is 0.438. The second kappa shape index (κ2) is 6.98. The predicted molar refractivity (Wildman–Crippen MR) is 81.0 cm³/mol. The third-order valence-electron chi connectivity index (χ3n) is 3.21. The van der Waals surface area contributed by atoms with Gasteiger partial charge in [-0.1, -0.05) is 32.4 Å². The summed E-state index contributed by atoms with van der Waals surface area (Å²) in [6, 6.07) is 8.77. The highest BCUT2D eigenvalue weighted by Crippen LogP contribution is 2.16. The summed E-state index contributed by atoms with van der Waals surface area (Å²) in [5.41, 5.74) is 2.57. The van der Waals surface area contributed by atoms with Gasteiger partial charge in [0.2, 0.25) is 5.95 Å². The van der Waals surface area contributed by atoms with Crippen molar-refractivity contribution in [3.05, 3.63) is 42.2 Å². The van der Waals surface area contributed by atoms with Gasteiger partial charge in [-0.2, -0.15) is 0 Å². The van der Waals surface area contributed by atoms with Crippen LogP contribution in [0.2, 0.25) is 0 Å². The number of benzene rings is 1. The molecule has 0 saturated carbocycles. The van der Waals surface area contributed by atoms with Crippen LogP contribution in [0.3, 0.4) is 0 Å². The molecule has 2 aromatic rings. The van der Waals surface area contributed by atoms with Gasteiger partial charge in [0, 0.05) is 24.6 Å². The highest BCUT2D eigenvalue weighted by atomic mass is 15.2. The van der Waals surface area contributed by atoms with E-state index in [0.29, 0.717) is 0 Å². The molecule has 0 unspecified atom stereocenters. The van der Waals surface area contributed by atoms with Crippen molar-refractivity contribution in [2.75, 3.05) is 11.9 Å². The minimum atomic E-state index is 0.920. The zero-order chi connectivity index (χ0) is 13.5. The van der Waals surface area contributed by atoms with Crippen LogP contribution in [0, 0.1) is 0 Å². The monoisotopic (exact) mass is 257 g/mol. The minimum absolute atomic E-state index is 0.920. The van der Waals surface area contributed by atoms with Crippen LogP contribution in [-0.4, -0.2) is 16.1 Å². The van der Waals surface area contributed by atoms with Gasteiger partial charge in [-0.05, 0) is 37.0 Å². The Morgan fingerprint density at radius 1 is 1.11 bits per heavy atom. The molecule has 19 heavy (non-hydrogen) atoms. The van der Waals surface area contributed by atoms with Crippen LogP contribution in [0.5, 0.6) is 0 Å². The van der Waals surface area contributed by atoms with Gasteiger partial charge >= 0.3 is 0 Å². The predicted octanol–water partition coefficient (Wildman–Crippen LogP) is 4.04. The average molecular weight is 257 g/mol. The number of hydrogen-bond donors (Lipinski definition) is 1. The van der Waals surface area contributed by atoms with Crippen LogP contribution in [0.25, 0.3) is 5.69 Å². The van der Waals surface area contributed by atoms with Gasteiger partial charge in [0.25, 0.3) is 0 Å². The van der Waals surface area contributed by atoms with Crippen molar-refractivity contribution in [2.24, 2.45) is 0 Å². The molecule has 0 aliphatic heterocycles. The topological polar surface area (TPSA) is 29.9 Å². The van der Waals surface area contributed by atoms with Gasteiger partial charge in [-0.3, -0.25) is 4.57 Å². The number of anilines is 1. The normalized spacial score (nSPS) is 10.6. The number of rotatable bonds is 7. The third kappa shape index (κ3) is 3.60. The maximum Gasteiger partial charge on any atom is 0.207 e. The van der Waals surface area contributed by atoms with E-state index in [-0.39, 0.29) is 0 Å². The van der Waals surface area contributed by atoms with Gasteiger partial charge in [0.15, 0.2) is 0 Å². The van der Waals surface area contributed by atoms with Gasteiger partial charge in [0.1, 0.15) is 0 Å². The lowest BCUT2D eigenvalue weighted by molar-refractivity contribution is 0.795. The van der Waals surface area contributed by atoms with Gasteiger partial charge in [-0.15, -0.1) is 0 Å². The maximum atomic E-state index is 4.35. The maximum absolute atomic E-state index is 4.35. The number of nitrogens with one attached hydrogen (secondary N) is 1. The number of hydrogen-bond acceptors (Lipinski definition) is 2.